The second-order valence-corrected chi connectivity index (χ2v) is 2.59. The third-order valence-corrected chi connectivity index (χ3v) is 1.74. The van der Waals surface area contributed by atoms with Crippen LogP contribution in [-0.2, 0) is 0 Å². The zero-order valence-electron chi connectivity index (χ0n) is 4.94. The fourth-order valence-corrected chi connectivity index (χ4v) is 0.918. The second kappa shape index (κ2) is 2.80. The molecule has 0 N–H and O–H groups in total. The predicted molar refractivity (Wildman–Crippen MR) is 38.8 cm³/mol. The normalized spacial score (nSPS) is 8.90. The summed E-state index contributed by atoms with van der Waals surface area (Å²) < 4.78 is 13.0. The highest BCUT2D eigenvalue weighted by Gasteiger charge is 1.98. The molecule has 0 unspecified atom stereocenters. The van der Waals surface area contributed by atoms with E-state index < -0.39 is 0 Å². The summed E-state index contributed by atoms with van der Waals surface area (Å²) in [6.45, 7) is 0. The van der Waals surface area contributed by atoms with Crippen LogP contribution in [0.2, 0.25) is 0 Å². The van der Waals surface area contributed by atoms with Gasteiger partial charge in [-0.05, 0) is 34.1 Å². The predicted octanol–water partition coefficient (Wildman–Crippen LogP) is 2.46. The van der Waals surface area contributed by atoms with E-state index in [0.717, 1.165) is 0 Å². The van der Waals surface area contributed by atoms with E-state index >= 15 is 0 Å². The van der Waals surface area contributed by atoms with E-state index in [1.165, 1.54) is 18.2 Å². The Balaban J connectivity index is 3.25. The van der Waals surface area contributed by atoms with Crippen molar-refractivity contribution in [2.45, 2.75) is 0 Å². The minimum Gasteiger partial charge on any atom is -0.207 e. The van der Waals surface area contributed by atoms with Gasteiger partial charge in [-0.2, -0.15) is 5.26 Å². The first kappa shape index (κ1) is 7.23. The molecule has 3 heteroatoms. The topological polar surface area (TPSA) is 23.8 Å². The third kappa shape index (κ3) is 1.34. The molecule has 0 heterocycles. The van der Waals surface area contributed by atoms with Gasteiger partial charge in [0.25, 0.3) is 0 Å². The number of nitrogens with zero attached hydrogens (tertiary/aromatic N) is 1. The average Bonchev–Trinajstić information content (AvgIpc) is 1.94. The van der Waals surface area contributed by atoms with Crippen LogP contribution in [0, 0.1) is 17.1 Å². The van der Waals surface area contributed by atoms with Crippen LogP contribution in [0.5, 0.6) is 0 Å². The SMILES string of the molecule is N#[14C]c1cc(F)ccc1Br. The first-order valence-electron chi connectivity index (χ1n) is 2.59. The number of benzene rings is 1. The van der Waals surface area contributed by atoms with Crippen LogP contribution in [0.3, 0.4) is 0 Å². The van der Waals surface area contributed by atoms with Crippen LogP contribution in [-0.4, -0.2) is 0 Å². The lowest BCUT2D eigenvalue weighted by atomic mass is 10.3. The Labute approximate surface area is 66.2 Å². The molecule has 0 saturated carbocycles. The highest BCUT2D eigenvalue weighted by atomic mass is 79.9. The van der Waals surface area contributed by atoms with Crippen molar-refractivity contribution in [1.29, 1.82) is 5.26 Å². The Morgan fingerprint density at radius 3 is 2.70 bits per heavy atom. The van der Waals surface area contributed by atoms with Crippen LogP contribution in [0.4, 0.5) is 4.39 Å². The largest absolute Gasteiger partial charge is 0.207 e. The van der Waals surface area contributed by atoms with E-state index in [1.54, 1.807) is 0 Å². The van der Waals surface area contributed by atoms with Crippen molar-refractivity contribution >= 4 is 15.9 Å². The zero-order valence-corrected chi connectivity index (χ0v) is 6.52. The van der Waals surface area contributed by atoms with Crippen molar-refractivity contribution in [2.24, 2.45) is 0 Å². The van der Waals surface area contributed by atoms with E-state index in [-0.39, 0.29) is 5.82 Å². The molecule has 1 rings (SSSR count). The minimum absolute atomic E-state index is 0.319. The van der Waals surface area contributed by atoms with Gasteiger partial charge in [0.2, 0.25) is 0 Å². The Bertz CT molecular complexity index is 290. The molecule has 0 radical (unpaired) electrons. The van der Waals surface area contributed by atoms with Crippen LogP contribution in [0.25, 0.3) is 0 Å². The van der Waals surface area contributed by atoms with E-state index in [2.05, 4.69) is 15.9 Å². The summed E-state index contributed by atoms with van der Waals surface area (Å²) in [5.41, 5.74) is 0.319. The average molecular weight is 202 g/mol. The van der Waals surface area contributed by atoms with Crippen LogP contribution in [0.1, 0.15) is 5.56 Å². The molecule has 0 aliphatic heterocycles. The van der Waals surface area contributed by atoms with Crippen molar-refractivity contribution in [2.75, 3.05) is 0 Å². The quantitative estimate of drug-likeness (QED) is 0.633. The van der Waals surface area contributed by atoms with Crippen molar-refractivity contribution in [3.8, 4) is 6.07 Å². The monoisotopic (exact) mass is 201 g/mol. The standard InChI is InChI=1S/C7H3BrFN/c8-7-2-1-6(9)3-5(7)4-10/h1-3H/i4+2. The highest BCUT2D eigenvalue weighted by Crippen LogP contribution is 2.15. The lowest BCUT2D eigenvalue weighted by Gasteiger charge is -1.91. The Kier molecular flexibility index (Phi) is 2.03. The molecule has 0 spiro atoms. The molecule has 0 fully saturated rings. The molecule has 0 aromatic heterocycles. The maximum atomic E-state index is 12.4. The second-order valence-electron chi connectivity index (χ2n) is 1.74. The summed E-state index contributed by atoms with van der Waals surface area (Å²) in [7, 11) is 0. The first-order valence-corrected chi connectivity index (χ1v) is 3.38. The summed E-state index contributed by atoms with van der Waals surface area (Å²) >= 11 is 3.10. The maximum absolute atomic E-state index is 12.4. The fraction of sp³-hybridized carbons (Fsp3) is 0. The van der Waals surface area contributed by atoms with Gasteiger partial charge in [0.15, 0.2) is 0 Å². The molecule has 1 aromatic rings. The van der Waals surface area contributed by atoms with Gasteiger partial charge >= 0.3 is 0 Å². The van der Waals surface area contributed by atoms with Crippen LogP contribution < -0.4 is 0 Å². The molecule has 0 amide bonds. The van der Waals surface area contributed by atoms with E-state index in [1.807, 2.05) is 6.07 Å². The van der Waals surface area contributed by atoms with Crippen molar-refractivity contribution in [3.63, 3.8) is 0 Å². The molecule has 0 bridgehead atoms. The lowest BCUT2D eigenvalue weighted by molar-refractivity contribution is 0.627. The van der Waals surface area contributed by atoms with Gasteiger partial charge in [-0.25, -0.2) is 4.39 Å². The molecule has 0 aliphatic rings. The van der Waals surface area contributed by atoms with E-state index in [0.29, 0.717) is 10.0 Å². The summed E-state index contributed by atoms with van der Waals surface area (Å²) in [5.74, 6) is -0.389. The summed E-state index contributed by atoms with van der Waals surface area (Å²) in [6.07, 6.45) is 0. The molecular weight excluding hydrogens is 199 g/mol. The van der Waals surface area contributed by atoms with Crippen molar-refractivity contribution in [3.05, 3.63) is 34.1 Å². The third-order valence-electron chi connectivity index (χ3n) is 1.05. The van der Waals surface area contributed by atoms with Crippen LogP contribution >= 0.6 is 15.9 Å². The summed E-state index contributed by atoms with van der Waals surface area (Å²) in [4.78, 5) is 0. The van der Waals surface area contributed by atoms with Crippen molar-refractivity contribution in [1.82, 2.24) is 0 Å². The van der Waals surface area contributed by atoms with E-state index in [9.17, 15) is 4.39 Å². The van der Waals surface area contributed by atoms with Gasteiger partial charge in [-0.1, -0.05) is 0 Å². The fourth-order valence-electron chi connectivity index (χ4n) is 0.583. The van der Waals surface area contributed by atoms with Crippen molar-refractivity contribution < 1.29 is 4.39 Å². The molecule has 0 atom stereocenters. The molecule has 0 saturated heterocycles. The van der Waals surface area contributed by atoms with E-state index in [4.69, 9.17) is 5.26 Å². The first-order chi connectivity index (χ1) is 4.74. The zero-order chi connectivity index (χ0) is 7.56. The summed E-state index contributed by atoms with van der Waals surface area (Å²) in [5, 5.41) is 8.40. The van der Waals surface area contributed by atoms with Gasteiger partial charge in [0.1, 0.15) is 11.9 Å². The number of rotatable bonds is 0. The molecule has 10 heavy (non-hydrogen) atoms. The van der Waals surface area contributed by atoms with Crippen LogP contribution in [0.15, 0.2) is 22.7 Å². The number of halogens is 2. The van der Waals surface area contributed by atoms with Gasteiger partial charge < -0.3 is 0 Å². The maximum Gasteiger partial charge on any atom is 0.124 e. The number of hydrogen-bond donors (Lipinski definition) is 0. The minimum atomic E-state index is -0.389. The lowest BCUT2D eigenvalue weighted by Crippen LogP contribution is -1.78. The molecule has 50 valence electrons. The highest BCUT2D eigenvalue weighted by molar-refractivity contribution is 9.10. The molecule has 1 nitrogen and oxygen atoms in total. The Morgan fingerprint density at radius 1 is 1.50 bits per heavy atom. The van der Waals surface area contributed by atoms with Gasteiger partial charge in [0.05, 0.1) is 5.56 Å². The Morgan fingerprint density at radius 2 is 2.20 bits per heavy atom. The molecule has 0 aliphatic carbocycles. The smallest absolute Gasteiger partial charge is 0.124 e. The number of hydrogen-bond acceptors (Lipinski definition) is 1. The molecular formula is C7H3BrFN. The van der Waals surface area contributed by atoms with Gasteiger partial charge in [0, 0.05) is 4.47 Å². The summed E-state index contributed by atoms with van der Waals surface area (Å²) in [6, 6.07) is 5.84. The number of nitriles is 1. The van der Waals surface area contributed by atoms with Gasteiger partial charge in [-0.15, -0.1) is 0 Å². The molecule has 1 aromatic carbocycles. The van der Waals surface area contributed by atoms with Gasteiger partial charge in [-0.3, -0.25) is 0 Å². The Hall–Kier alpha value is -0.880.